The van der Waals surface area contributed by atoms with Crippen LogP contribution < -0.4 is 5.32 Å². The molecule has 1 heterocycles. The molecule has 0 aliphatic carbocycles. The standard InChI is InChI=1S/C6H13NOS/c1-7-4-6-2-3-9(8)5-6/h6H,1-5,7H2. The molecule has 0 bridgehead atoms. The maximum Gasteiger partial charge on any atom is 0.0553 e. The summed E-state index contributed by atoms with van der Waals surface area (Å²) in [6, 6.07) is 0. The fourth-order valence-electron chi connectivity index (χ4n) is 1.15. The van der Waals surface area contributed by atoms with Crippen LogP contribution in [0.4, 0.5) is 0 Å². The van der Waals surface area contributed by atoms with Crippen LogP contribution in [0, 0.1) is 13.0 Å². The van der Waals surface area contributed by atoms with Gasteiger partial charge in [0.1, 0.15) is 0 Å². The van der Waals surface area contributed by atoms with E-state index < -0.39 is 10.8 Å². The van der Waals surface area contributed by atoms with Crippen LogP contribution in [0.15, 0.2) is 0 Å². The Hall–Kier alpha value is 0.110. The smallest absolute Gasteiger partial charge is 0.0553 e. The predicted octanol–water partition coefficient (Wildman–Crippen LogP) is -0.890. The van der Waals surface area contributed by atoms with Gasteiger partial charge in [-0.1, -0.05) is 0 Å². The van der Waals surface area contributed by atoms with Crippen LogP contribution >= 0.6 is 0 Å². The molecule has 3 heteroatoms. The van der Waals surface area contributed by atoms with Gasteiger partial charge in [-0.3, -0.25) is 4.21 Å². The van der Waals surface area contributed by atoms with Gasteiger partial charge in [-0.25, -0.2) is 0 Å². The molecule has 2 atom stereocenters. The average molecular weight is 147 g/mol. The fourth-order valence-corrected chi connectivity index (χ4v) is 2.74. The highest BCUT2D eigenvalue weighted by Crippen LogP contribution is 2.12. The van der Waals surface area contributed by atoms with Crippen LogP contribution in [0.1, 0.15) is 6.42 Å². The van der Waals surface area contributed by atoms with E-state index in [0.717, 1.165) is 24.5 Å². The lowest BCUT2D eigenvalue weighted by atomic mass is 10.1. The number of quaternary nitrogens is 1. The molecular weight excluding hydrogens is 134 g/mol. The number of hydrogen-bond donors (Lipinski definition) is 1. The summed E-state index contributed by atoms with van der Waals surface area (Å²) < 4.78 is 10.8. The first-order valence-corrected chi connectivity index (χ1v) is 4.77. The lowest BCUT2D eigenvalue weighted by Crippen LogP contribution is -2.78. The van der Waals surface area contributed by atoms with E-state index in [1.54, 1.807) is 0 Å². The monoisotopic (exact) mass is 147 g/mol. The maximum absolute atomic E-state index is 10.8. The van der Waals surface area contributed by atoms with Gasteiger partial charge in [0.2, 0.25) is 0 Å². The summed E-state index contributed by atoms with van der Waals surface area (Å²) in [5, 5.41) is 1.92. The molecule has 0 amide bonds. The molecule has 54 valence electrons. The van der Waals surface area contributed by atoms with Crippen molar-refractivity contribution in [2.75, 3.05) is 18.1 Å². The molecule has 9 heavy (non-hydrogen) atoms. The molecule has 1 fully saturated rings. The van der Waals surface area contributed by atoms with E-state index in [-0.39, 0.29) is 0 Å². The average Bonchev–Trinajstić information content (AvgIpc) is 2.17. The minimum atomic E-state index is -0.502. The topological polar surface area (TPSA) is 33.7 Å². The van der Waals surface area contributed by atoms with Gasteiger partial charge in [0, 0.05) is 28.2 Å². The van der Waals surface area contributed by atoms with Crippen molar-refractivity contribution >= 4 is 10.8 Å². The van der Waals surface area contributed by atoms with E-state index in [1.165, 1.54) is 0 Å². The minimum Gasteiger partial charge on any atom is -0.479 e. The molecule has 0 saturated carbocycles. The first-order valence-electron chi connectivity index (χ1n) is 3.29. The molecule has 1 saturated heterocycles. The Bertz CT molecular complexity index is 116. The van der Waals surface area contributed by atoms with E-state index in [0.29, 0.717) is 5.92 Å². The van der Waals surface area contributed by atoms with Crippen molar-refractivity contribution in [3.05, 3.63) is 7.05 Å². The van der Waals surface area contributed by atoms with E-state index in [2.05, 4.69) is 7.05 Å². The van der Waals surface area contributed by atoms with Crippen molar-refractivity contribution in [3.8, 4) is 0 Å². The lowest BCUT2D eigenvalue weighted by molar-refractivity contribution is -0.601. The Morgan fingerprint density at radius 2 is 2.56 bits per heavy atom. The van der Waals surface area contributed by atoms with Crippen molar-refractivity contribution in [2.45, 2.75) is 6.42 Å². The first-order chi connectivity index (χ1) is 4.33. The van der Waals surface area contributed by atoms with Gasteiger partial charge < -0.3 is 5.32 Å². The Morgan fingerprint density at radius 1 is 1.78 bits per heavy atom. The van der Waals surface area contributed by atoms with E-state index >= 15 is 0 Å². The third-order valence-electron chi connectivity index (χ3n) is 1.68. The van der Waals surface area contributed by atoms with Crippen molar-refractivity contribution < 1.29 is 9.53 Å². The summed E-state index contributed by atoms with van der Waals surface area (Å²) in [6.07, 6.45) is 1.14. The molecule has 1 aliphatic rings. The summed E-state index contributed by atoms with van der Waals surface area (Å²) in [6.45, 7) is 1.05. The molecule has 1 rings (SSSR count). The summed E-state index contributed by atoms with van der Waals surface area (Å²) in [5.41, 5.74) is 0. The van der Waals surface area contributed by atoms with Crippen LogP contribution in [0.25, 0.3) is 0 Å². The second-order valence-electron chi connectivity index (χ2n) is 2.49. The zero-order valence-corrected chi connectivity index (χ0v) is 6.32. The maximum atomic E-state index is 10.8. The molecule has 2 N–H and O–H groups in total. The van der Waals surface area contributed by atoms with Gasteiger partial charge in [-0.2, -0.15) is 7.05 Å². The van der Waals surface area contributed by atoms with Gasteiger partial charge in [-0.05, 0) is 6.42 Å². The molecule has 1 aliphatic heterocycles. The molecule has 0 spiro atoms. The summed E-state index contributed by atoms with van der Waals surface area (Å²) in [7, 11) is 3.15. The van der Waals surface area contributed by atoms with Crippen molar-refractivity contribution in [1.29, 1.82) is 0 Å². The summed E-state index contributed by atoms with van der Waals surface area (Å²) >= 11 is 0. The van der Waals surface area contributed by atoms with Crippen molar-refractivity contribution in [2.24, 2.45) is 5.92 Å². The molecule has 2 nitrogen and oxygen atoms in total. The normalized spacial score (nSPS) is 35.2. The molecule has 0 aromatic carbocycles. The van der Waals surface area contributed by atoms with Gasteiger partial charge in [-0.15, -0.1) is 0 Å². The van der Waals surface area contributed by atoms with E-state index in [1.807, 2.05) is 5.32 Å². The summed E-state index contributed by atoms with van der Waals surface area (Å²) in [4.78, 5) is 0. The third kappa shape index (κ3) is 2.06. The predicted molar refractivity (Wildman–Crippen MR) is 38.1 cm³/mol. The van der Waals surface area contributed by atoms with Crippen LogP contribution in [0.3, 0.4) is 0 Å². The van der Waals surface area contributed by atoms with Crippen molar-refractivity contribution in [1.82, 2.24) is 0 Å². The largest absolute Gasteiger partial charge is 0.479 e. The van der Waals surface area contributed by atoms with Gasteiger partial charge in [0.05, 0.1) is 6.54 Å². The van der Waals surface area contributed by atoms with Gasteiger partial charge >= 0.3 is 0 Å². The minimum absolute atomic E-state index is 0.502. The van der Waals surface area contributed by atoms with Crippen molar-refractivity contribution in [3.63, 3.8) is 0 Å². The summed E-state index contributed by atoms with van der Waals surface area (Å²) in [5.74, 6) is 2.49. The van der Waals surface area contributed by atoms with E-state index in [9.17, 15) is 4.21 Å². The number of nitrogens with two attached hydrogens (primary N) is 1. The highest BCUT2D eigenvalue weighted by Gasteiger charge is 2.20. The Balaban J connectivity index is 2.22. The highest BCUT2D eigenvalue weighted by atomic mass is 32.2. The number of hydrogen-bond acceptors (Lipinski definition) is 1. The first kappa shape index (κ1) is 7.22. The fraction of sp³-hybridized carbons (Fsp3) is 0.833. The SMILES string of the molecule is [CH2-][NH2+]CC1CCS(=O)C1. The lowest BCUT2D eigenvalue weighted by Gasteiger charge is -2.04. The molecule has 0 aromatic rings. The van der Waals surface area contributed by atoms with Crippen LogP contribution in [0.2, 0.25) is 0 Å². The molecule has 0 aromatic heterocycles. The molecular formula is C6H13NOS. The molecule has 0 radical (unpaired) electrons. The molecule has 2 unspecified atom stereocenters. The Morgan fingerprint density at radius 3 is 3.00 bits per heavy atom. The Labute approximate surface area is 58.5 Å². The zero-order chi connectivity index (χ0) is 6.69. The zero-order valence-electron chi connectivity index (χ0n) is 5.51. The third-order valence-corrected chi connectivity index (χ3v) is 3.21. The van der Waals surface area contributed by atoms with E-state index in [4.69, 9.17) is 0 Å². The van der Waals surface area contributed by atoms with Crippen LogP contribution in [-0.4, -0.2) is 22.3 Å². The quantitative estimate of drug-likeness (QED) is 0.505. The number of rotatable bonds is 2. The van der Waals surface area contributed by atoms with Crippen LogP contribution in [0.5, 0.6) is 0 Å². The highest BCUT2D eigenvalue weighted by molar-refractivity contribution is 7.85. The van der Waals surface area contributed by atoms with Gasteiger partial charge in [0.15, 0.2) is 0 Å². The van der Waals surface area contributed by atoms with Crippen LogP contribution in [-0.2, 0) is 10.8 Å². The second-order valence-corrected chi connectivity index (χ2v) is 4.11. The second kappa shape index (κ2) is 3.32. The Kier molecular flexibility index (Phi) is 2.66. The van der Waals surface area contributed by atoms with Gasteiger partial charge in [0.25, 0.3) is 0 Å².